The van der Waals surface area contributed by atoms with Crippen LogP contribution < -0.4 is 10.6 Å². The number of aromatic nitrogens is 2. The first kappa shape index (κ1) is 21.2. The lowest BCUT2D eigenvalue weighted by molar-refractivity contribution is -0.385. The highest BCUT2D eigenvalue weighted by molar-refractivity contribution is 6.04. The second kappa shape index (κ2) is 8.60. The lowest BCUT2D eigenvalue weighted by Gasteiger charge is -2.10. The standard InChI is InChI=1S/C22H21N5O5/c1-13-8-9-15(10-17(13)27(30)31)23-19(28)11-18-22(29)24-21-20(14-6-4-3-5-7-14)16(12-32-2)25-26(18)21/h3-10,18H,11-12H2,1-2H3,(H,23,28)(H,24,29). The molecule has 1 aliphatic rings. The number of carbonyl (C=O) groups is 2. The molecule has 2 N–H and O–H groups in total. The number of methoxy groups -OCH3 is 1. The van der Waals surface area contributed by atoms with Crippen LogP contribution in [0.2, 0.25) is 0 Å². The molecule has 0 saturated heterocycles. The molecule has 1 unspecified atom stereocenters. The monoisotopic (exact) mass is 435 g/mol. The molecule has 0 saturated carbocycles. The Labute approximate surface area is 183 Å². The Hall–Kier alpha value is -4.05. The van der Waals surface area contributed by atoms with Crippen molar-refractivity contribution in [3.05, 3.63) is 69.9 Å². The van der Waals surface area contributed by atoms with Crippen LogP contribution in [0, 0.1) is 17.0 Å². The summed E-state index contributed by atoms with van der Waals surface area (Å²) in [5.41, 5.74) is 2.96. The van der Waals surface area contributed by atoms with Crippen molar-refractivity contribution in [1.29, 1.82) is 0 Å². The molecule has 10 heteroatoms. The van der Waals surface area contributed by atoms with Gasteiger partial charge in [0.05, 0.1) is 23.6 Å². The van der Waals surface area contributed by atoms with Gasteiger partial charge in [0.15, 0.2) is 0 Å². The fourth-order valence-corrected chi connectivity index (χ4v) is 3.73. The molecule has 0 fully saturated rings. The molecule has 3 aromatic rings. The molecule has 10 nitrogen and oxygen atoms in total. The van der Waals surface area contributed by atoms with Crippen molar-refractivity contribution in [2.45, 2.75) is 26.0 Å². The van der Waals surface area contributed by atoms with E-state index in [9.17, 15) is 19.7 Å². The van der Waals surface area contributed by atoms with E-state index in [2.05, 4.69) is 15.7 Å². The van der Waals surface area contributed by atoms with Gasteiger partial charge in [-0.3, -0.25) is 19.7 Å². The van der Waals surface area contributed by atoms with Crippen LogP contribution in [0.15, 0.2) is 48.5 Å². The Bertz CT molecular complexity index is 1200. The van der Waals surface area contributed by atoms with Gasteiger partial charge < -0.3 is 15.4 Å². The number of carbonyl (C=O) groups excluding carboxylic acids is 2. The summed E-state index contributed by atoms with van der Waals surface area (Å²) in [6.07, 6.45) is -0.178. The van der Waals surface area contributed by atoms with Crippen LogP contribution in [0.4, 0.5) is 17.2 Å². The van der Waals surface area contributed by atoms with E-state index in [0.717, 1.165) is 11.1 Å². The molecule has 0 spiro atoms. The number of benzene rings is 2. The molecular formula is C22H21N5O5. The Morgan fingerprint density at radius 1 is 1.28 bits per heavy atom. The first-order valence-electron chi connectivity index (χ1n) is 9.90. The normalized spacial score (nSPS) is 14.7. The molecule has 1 aromatic heterocycles. The average Bonchev–Trinajstić information content (AvgIpc) is 3.25. The van der Waals surface area contributed by atoms with Gasteiger partial charge in [0.1, 0.15) is 11.9 Å². The number of aryl methyl sites for hydroxylation is 1. The van der Waals surface area contributed by atoms with Gasteiger partial charge >= 0.3 is 0 Å². The molecule has 2 aromatic carbocycles. The van der Waals surface area contributed by atoms with E-state index in [1.807, 2.05) is 30.3 Å². The summed E-state index contributed by atoms with van der Waals surface area (Å²) in [5, 5.41) is 21.1. The number of rotatable bonds is 7. The molecule has 164 valence electrons. The number of nitro groups is 1. The first-order valence-corrected chi connectivity index (χ1v) is 9.90. The Morgan fingerprint density at radius 3 is 2.72 bits per heavy atom. The summed E-state index contributed by atoms with van der Waals surface area (Å²) in [6.45, 7) is 1.86. The van der Waals surface area contributed by atoms with Crippen molar-refractivity contribution in [2.75, 3.05) is 17.7 Å². The summed E-state index contributed by atoms with van der Waals surface area (Å²) in [7, 11) is 1.56. The van der Waals surface area contributed by atoms with Crippen molar-refractivity contribution in [3.8, 4) is 11.1 Å². The summed E-state index contributed by atoms with van der Waals surface area (Å²) in [5.74, 6) is -0.295. The predicted octanol–water partition coefficient (Wildman–Crippen LogP) is 3.44. The highest BCUT2D eigenvalue weighted by Gasteiger charge is 2.37. The van der Waals surface area contributed by atoms with E-state index in [4.69, 9.17) is 4.74 Å². The Morgan fingerprint density at radius 2 is 2.03 bits per heavy atom. The van der Waals surface area contributed by atoms with Crippen LogP contribution in [-0.2, 0) is 20.9 Å². The van der Waals surface area contributed by atoms with Crippen molar-refractivity contribution < 1.29 is 19.2 Å². The smallest absolute Gasteiger partial charge is 0.274 e. The quantitative estimate of drug-likeness (QED) is 0.432. The van der Waals surface area contributed by atoms with E-state index < -0.39 is 16.9 Å². The van der Waals surface area contributed by atoms with Crippen LogP contribution in [-0.4, -0.2) is 33.6 Å². The van der Waals surface area contributed by atoms with Gasteiger partial charge in [-0.2, -0.15) is 5.10 Å². The van der Waals surface area contributed by atoms with E-state index in [-0.39, 0.29) is 30.3 Å². The predicted molar refractivity (Wildman–Crippen MR) is 117 cm³/mol. The van der Waals surface area contributed by atoms with Gasteiger partial charge in [-0.05, 0) is 18.6 Å². The van der Waals surface area contributed by atoms with Crippen LogP contribution in [0.25, 0.3) is 11.1 Å². The molecular weight excluding hydrogens is 414 g/mol. The van der Waals surface area contributed by atoms with Crippen molar-refractivity contribution in [2.24, 2.45) is 0 Å². The lowest BCUT2D eigenvalue weighted by Crippen LogP contribution is -2.24. The molecule has 4 rings (SSSR count). The maximum absolute atomic E-state index is 12.7. The van der Waals surface area contributed by atoms with E-state index in [1.54, 1.807) is 26.2 Å². The van der Waals surface area contributed by atoms with Gasteiger partial charge in [0.25, 0.3) is 11.6 Å². The summed E-state index contributed by atoms with van der Waals surface area (Å²) in [4.78, 5) is 35.9. The number of amides is 2. The van der Waals surface area contributed by atoms with E-state index in [0.29, 0.717) is 17.1 Å². The third-order valence-corrected chi connectivity index (χ3v) is 5.23. The fourth-order valence-electron chi connectivity index (χ4n) is 3.73. The number of nitro benzene ring substituents is 1. The molecule has 0 bridgehead atoms. The number of anilines is 2. The lowest BCUT2D eigenvalue weighted by atomic mass is 10.1. The SMILES string of the molecule is COCc1nn2c(c1-c1ccccc1)NC(=O)C2CC(=O)Nc1ccc(C)c([N+](=O)[O-])c1. The van der Waals surface area contributed by atoms with Crippen LogP contribution in [0.1, 0.15) is 23.7 Å². The van der Waals surface area contributed by atoms with Gasteiger partial charge in [-0.25, -0.2) is 4.68 Å². The highest BCUT2D eigenvalue weighted by atomic mass is 16.6. The maximum Gasteiger partial charge on any atom is 0.274 e. The zero-order valence-electron chi connectivity index (χ0n) is 17.5. The average molecular weight is 435 g/mol. The first-order chi connectivity index (χ1) is 15.4. The molecule has 1 aliphatic heterocycles. The third kappa shape index (κ3) is 3.95. The van der Waals surface area contributed by atoms with E-state index >= 15 is 0 Å². The van der Waals surface area contributed by atoms with Gasteiger partial charge in [-0.15, -0.1) is 0 Å². The summed E-state index contributed by atoms with van der Waals surface area (Å²) < 4.78 is 6.78. The summed E-state index contributed by atoms with van der Waals surface area (Å²) in [6, 6.07) is 13.1. The minimum atomic E-state index is -0.849. The largest absolute Gasteiger partial charge is 0.378 e. The molecule has 0 aliphatic carbocycles. The zero-order chi connectivity index (χ0) is 22.8. The topological polar surface area (TPSA) is 128 Å². The number of ether oxygens (including phenoxy) is 1. The van der Waals surface area contributed by atoms with Gasteiger partial charge in [-0.1, -0.05) is 36.4 Å². The van der Waals surface area contributed by atoms with Crippen LogP contribution >= 0.6 is 0 Å². The van der Waals surface area contributed by atoms with Crippen LogP contribution in [0.5, 0.6) is 0 Å². The number of nitrogens with one attached hydrogen (secondary N) is 2. The zero-order valence-corrected chi connectivity index (χ0v) is 17.5. The second-order valence-corrected chi connectivity index (χ2v) is 7.43. The van der Waals surface area contributed by atoms with Gasteiger partial charge in [0, 0.05) is 30.0 Å². The molecule has 0 radical (unpaired) electrons. The molecule has 32 heavy (non-hydrogen) atoms. The minimum absolute atomic E-state index is 0.0903. The third-order valence-electron chi connectivity index (χ3n) is 5.23. The minimum Gasteiger partial charge on any atom is -0.378 e. The number of nitrogens with zero attached hydrogens (tertiary/aromatic N) is 3. The number of hydrogen-bond acceptors (Lipinski definition) is 6. The van der Waals surface area contributed by atoms with Gasteiger partial charge in [0.2, 0.25) is 5.91 Å². The molecule has 1 atom stereocenters. The maximum atomic E-state index is 12.7. The molecule has 2 amide bonds. The van der Waals surface area contributed by atoms with Crippen molar-refractivity contribution in [1.82, 2.24) is 9.78 Å². The van der Waals surface area contributed by atoms with E-state index in [1.165, 1.54) is 10.7 Å². The number of hydrogen-bond donors (Lipinski definition) is 2. The van der Waals surface area contributed by atoms with Crippen molar-refractivity contribution in [3.63, 3.8) is 0 Å². The van der Waals surface area contributed by atoms with Crippen LogP contribution in [0.3, 0.4) is 0 Å². The fraction of sp³-hybridized carbons (Fsp3) is 0.227. The summed E-state index contributed by atoms with van der Waals surface area (Å²) >= 11 is 0. The molecule has 2 heterocycles. The van der Waals surface area contributed by atoms with Crippen molar-refractivity contribution >= 4 is 29.0 Å². The number of fused-ring (bicyclic) bond motifs is 1. The highest BCUT2D eigenvalue weighted by Crippen LogP contribution is 2.38. The Kier molecular flexibility index (Phi) is 5.69. The second-order valence-electron chi connectivity index (χ2n) is 7.43. The Balaban J connectivity index is 1.59.